The fourth-order valence-electron chi connectivity index (χ4n) is 2.22. The fraction of sp³-hybridized carbons (Fsp3) is 0.500. The van der Waals surface area contributed by atoms with Crippen LogP contribution in [0.4, 0.5) is 0 Å². The normalized spacial score (nSPS) is 21.4. The molecule has 2 rings (SSSR count). The second-order valence-corrected chi connectivity index (χ2v) is 4.22. The van der Waals surface area contributed by atoms with Crippen molar-refractivity contribution >= 4 is 11.6 Å². The first-order chi connectivity index (χ1) is 6.83. The molecule has 0 spiro atoms. The molecule has 1 atom stereocenters. The summed E-state index contributed by atoms with van der Waals surface area (Å²) in [6.45, 7) is 3.31. The maximum atomic E-state index is 6.18. The average Bonchev–Trinajstić information content (AvgIpc) is 2.70. The largest absolute Gasteiger partial charge is 0.310 e. The van der Waals surface area contributed by atoms with Gasteiger partial charge in [0.2, 0.25) is 0 Å². The molecule has 0 saturated carbocycles. The summed E-state index contributed by atoms with van der Waals surface area (Å²) >= 11 is 6.18. The van der Waals surface area contributed by atoms with Gasteiger partial charge in [0, 0.05) is 11.1 Å². The van der Waals surface area contributed by atoms with Crippen molar-refractivity contribution in [3.8, 4) is 0 Å². The summed E-state index contributed by atoms with van der Waals surface area (Å²) in [4.78, 5) is 0. The van der Waals surface area contributed by atoms with Gasteiger partial charge in [-0.3, -0.25) is 0 Å². The molecule has 1 fully saturated rings. The Morgan fingerprint density at radius 2 is 2.36 bits per heavy atom. The smallest absolute Gasteiger partial charge is 0.0441 e. The van der Waals surface area contributed by atoms with Crippen molar-refractivity contribution in [3.05, 3.63) is 34.3 Å². The topological polar surface area (TPSA) is 12.0 Å². The molecule has 1 aliphatic rings. The van der Waals surface area contributed by atoms with Gasteiger partial charge < -0.3 is 5.32 Å². The lowest BCUT2D eigenvalue weighted by molar-refractivity contribution is 0.641. The van der Waals surface area contributed by atoms with Gasteiger partial charge in [-0.1, -0.05) is 30.7 Å². The minimum absolute atomic E-state index is 0.531. The molecular formula is C12H16ClN. The first kappa shape index (κ1) is 10.0. The highest BCUT2D eigenvalue weighted by molar-refractivity contribution is 6.31. The van der Waals surface area contributed by atoms with Crippen LogP contribution in [0.3, 0.4) is 0 Å². The van der Waals surface area contributed by atoms with E-state index < -0.39 is 0 Å². The molecule has 0 bridgehead atoms. The lowest BCUT2D eigenvalue weighted by Crippen LogP contribution is -2.14. The van der Waals surface area contributed by atoms with Crippen molar-refractivity contribution in [3.63, 3.8) is 0 Å². The van der Waals surface area contributed by atoms with E-state index in [1.54, 1.807) is 0 Å². The summed E-state index contributed by atoms with van der Waals surface area (Å²) in [5.74, 6) is 0. The van der Waals surface area contributed by atoms with Crippen molar-refractivity contribution in [2.45, 2.75) is 32.2 Å². The summed E-state index contributed by atoms with van der Waals surface area (Å²) in [6, 6.07) is 6.77. The minimum Gasteiger partial charge on any atom is -0.310 e. The van der Waals surface area contributed by atoms with E-state index in [0.29, 0.717) is 6.04 Å². The van der Waals surface area contributed by atoms with E-state index >= 15 is 0 Å². The summed E-state index contributed by atoms with van der Waals surface area (Å²) in [7, 11) is 0. The molecular weight excluding hydrogens is 194 g/mol. The summed E-state index contributed by atoms with van der Waals surface area (Å²) in [6.07, 6.45) is 3.54. The van der Waals surface area contributed by atoms with Crippen molar-refractivity contribution in [2.24, 2.45) is 0 Å². The molecule has 14 heavy (non-hydrogen) atoms. The van der Waals surface area contributed by atoms with Gasteiger partial charge in [0.15, 0.2) is 0 Å². The highest BCUT2D eigenvalue weighted by Gasteiger charge is 2.19. The van der Waals surface area contributed by atoms with Crippen LogP contribution in [-0.4, -0.2) is 6.54 Å². The Morgan fingerprint density at radius 3 is 3.00 bits per heavy atom. The van der Waals surface area contributed by atoms with E-state index in [-0.39, 0.29) is 0 Å². The Bertz CT molecular complexity index is 316. The predicted octanol–water partition coefficient (Wildman–Crippen LogP) is 3.33. The maximum Gasteiger partial charge on any atom is 0.0441 e. The van der Waals surface area contributed by atoms with Crippen molar-refractivity contribution < 1.29 is 0 Å². The highest BCUT2D eigenvalue weighted by Crippen LogP contribution is 2.30. The second-order valence-electron chi connectivity index (χ2n) is 3.81. The van der Waals surface area contributed by atoms with E-state index in [1.807, 2.05) is 6.07 Å². The van der Waals surface area contributed by atoms with Crippen LogP contribution in [-0.2, 0) is 6.42 Å². The monoisotopic (exact) mass is 209 g/mol. The first-order valence-electron chi connectivity index (χ1n) is 5.33. The van der Waals surface area contributed by atoms with Crippen LogP contribution >= 0.6 is 11.6 Å². The number of hydrogen-bond acceptors (Lipinski definition) is 1. The molecule has 2 heteroatoms. The molecule has 1 N–H and O–H groups in total. The third-order valence-electron chi connectivity index (χ3n) is 2.94. The zero-order valence-electron chi connectivity index (χ0n) is 8.52. The molecule has 0 aromatic heterocycles. The summed E-state index contributed by atoms with van der Waals surface area (Å²) < 4.78 is 0. The van der Waals surface area contributed by atoms with Gasteiger partial charge in [0.05, 0.1) is 0 Å². The van der Waals surface area contributed by atoms with E-state index in [0.717, 1.165) is 18.0 Å². The van der Waals surface area contributed by atoms with E-state index in [2.05, 4.69) is 24.4 Å². The first-order valence-corrected chi connectivity index (χ1v) is 5.71. The quantitative estimate of drug-likeness (QED) is 0.788. The van der Waals surface area contributed by atoms with Gasteiger partial charge in [-0.15, -0.1) is 0 Å². The Kier molecular flexibility index (Phi) is 3.09. The Balaban J connectivity index is 2.35. The molecule has 1 aromatic carbocycles. The predicted molar refractivity (Wildman–Crippen MR) is 60.8 cm³/mol. The van der Waals surface area contributed by atoms with Crippen molar-refractivity contribution in [2.75, 3.05) is 6.54 Å². The van der Waals surface area contributed by atoms with Crippen LogP contribution in [0.25, 0.3) is 0 Å². The van der Waals surface area contributed by atoms with Gasteiger partial charge in [-0.2, -0.15) is 0 Å². The molecule has 0 aliphatic carbocycles. The SMILES string of the molecule is CCc1c(Cl)cccc1[C@H]1CCCN1. The van der Waals surface area contributed by atoms with Gasteiger partial charge in [0.25, 0.3) is 0 Å². The number of rotatable bonds is 2. The third-order valence-corrected chi connectivity index (χ3v) is 3.30. The third kappa shape index (κ3) is 1.79. The molecule has 1 nitrogen and oxygen atoms in total. The zero-order valence-corrected chi connectivity index (χ0v) is 9.27. The summed E-state index contributed by atoms with van der Waals surface area (Å²) in [5, 5.41) is 4.43. The van der Waals surface area contributed by atoms with Crippen molar-refractivity contribution in [1.82, 2.24) is 5.32 Å². The number of nitrogens with one attached hydrogen (secondary N) is 1. The minimum atomic E-state index is 0.531. The van der Waals surface area contributed by atoms with Gasteiger partial charge in [0.1, 0.15) is 0 Å². The molecule has 1 saturated heterocycles. The van der Waals surface area contributed by atoms with Crippen LogP contribution in [0.15, 0.2) is 18.2 Å². The molecule has 1 aliphatic heterocycles. The molecule has 76 valence electrons. The molecule has 0 radical (unpaired) electrons. The molecule has 0 amide bonds. The Labute approximate surface area is 90.5 Å². The lowest BCUT2D eigenvalue weighted by Gasteiger charge is -2.16. The molecule has 0 unspecified atom stereocenters. The van der Waals surface area contributed by atoms with Crippen molar-refractivity contribution in [1.29, 1.82) is 0 Å². The standard InChI is InChI=1S/C12H16ClN/c1-2-9-10(5-3-6-11(9)13)12-7-4-8-14-12/h3,5-6,12,14H,2,4,7-8H2,1H3/t12-/m1/s1. The maximum absolute atomic E-state index is 6.18. The van der Waals surface area contributed by atoms with Crippen LogP contribution in [0.1, 0.15) is 36.9 Å². The van der Waals surface area contributed by atoms with Crippen LogP contribution < -0.4 is 5.32 Å². The number of benzene rings is 1. The van der Waals surface area contributed by atoms with E-state index in [4.69, 9.17) is 11.6 Å². The molecule has 1 heterocycles. The highest BCUT2D eigenvalue weighted by atomic mass is 35.5. The van der Waals surface area contributed by atoms with Gasteiger partial charge in [-0.25, -0.2) is 0 Å². The zero-order chi connectivity index (χ0) is 9.97. The van der Waals surface area contributed by atoms with E-state index in [1.165, 1.54) is 24.0 Å². The van der Waals surface area contributed by atoms with Crippen LogP contribution in [0, 0.1) is 0 Å². The van der Waals surface area contributed by atoms with Crippen LogP contribution in [0.2, 0.25) is 5.02 Å². The second kappa shape index (κ2) is 4.33. The average molecular weight is 210 g/mol. The molecule has 1 aromatic rings. The summed E-state index contributed by atoms with van der Waals surface area (Å²) in [5.41, 5.74) is 2.71. The number of halogens is 1. The van der Waals surface area contributed by atoms with Crippen LogP contribution in [0.5, 0.6) is 0 Å². The number of hydrogen-bond donors (Lipinski definition) is 1. The Hall–Kier alpha value is -0.530. The lowest BCUT2D eigenvalue weighted by atomic mass is 9.97. The fourth-order valence-corrected chi connectivity index (χ4v) is 2.54. The Morgan fingerprint density at radius 1 is 1.50 bits per heavy atom. The van der Waals surface area contributed by atoms with E-state index in [9.17, 15) is 0 Å². The van der Waals surface area contributed by atoms with Gasteiger partial charge in [-0.05, 0) is 43.0 Å². The van der Waals surface area contributed by atoms with Gasteiger partial charge >= 0.3 is 0 Å².